The highest BCUT2D eigenvalue weighted by Crippen LogP contribution is 2.56. The van der Waals surface area contributed by atoms with E-state index in [1.54, 1.807) is 20.8 Å². The van der Waals surface area contributed by atoms with E-state index < -0.39 is 28.3 Å². The Labute approximate surface area is 149 Å². The maximum absolute atomic E-state index is 12.6. The van der Waals surface area contributed by atoms with Gasteiger partial charge in [0, 0.05) is 23.2 Å². The van der Waals surface area contributed by atoms with Crippen molar-refractivity contribution in [1.29, 1.82) is 0 Å². The van der Waals surface area contributed by atoms with Crippen LogP contribution in [0.1, 0.15) is 33.6 Å². The van der Waals surface area contributed by atoms with Gasteiger partial charge in [-0.3, -0.25) is 9.59 Å². The molecule has 5 nitrogen and oxygen atoms in total. The Balaban J connectivity index is 2.09. The van der Waals surface area contributed by atoms with Crippen LogP contribution in [-0.2, 0) is 9.59 Å². The average molecular weight is 376 g/mol. The molecule has 1 aromatic rings. The predicted octanol–water partition coefficient (Wildman–Crippen LogP) is 4.32. The largest absolute Gasteiger partial charge is 0.487 e. The zero-order valence-electron chi connectivity index (χ0n) is 14.1. The van der Waals surface area contributed by atoms with E-state index in [0.29, 0.717) is 18.5 Å². The molecule has 1 aromatic carbocycles. The summed E-state index contributed by atoms with van der Waals surface area (Å²) in [6, 6.07) is 5.34. The Morgan fingerprint density at radius 1 is 1.28 bits per heavy atom. The van der Waals surface area contributed by atoms with Gasteiger partial charge in [0.2, 0.25) is 5.91 Å². The number of nitrogens with one attached hydrogen (secondary N) is 1. The van der Waals surface area contributed by atoms with Crippen molar-refractivity contribution in [3.05, 3.63) is 24.3 Å². The standard InChI is InChI=1S/C17H20ClF2NO4/c1-15(2)12(8-9-16(15,3)14(23)24)13(22)21-10-4-6-11(7-5-10)25-17(18,19)20/h4-7,12H,8-9H2,1-3H3,(H,21,22)(H,23,24)/t12-,16+/m1/s1. The highest BCUT2D eigenvalue weighted by atomic mass is 35.5. The van der Waals surface area contributed by atoms with Crippen molar-refractivity contribution in [2.24, 2.45) is 16.7 Å². The van der Waals surface area contributed by atoms with Gasteiger partial charge in [-0.1, -0.05) is 13.8 Å². The molecule has 138 valence electrons. The van der Waals surface area contributed by atoms with Crippen molar-refractivity contribution >= 4 is 29.2 Å². The Morgan fingerprint density at radius 3 is 2.28 bits per heavy atom. The number of rotatable bonds is 5. The van der Waals surface area contributed by atoms with Crippen LogP contribution in [0.15, 0.2) is 24.3 Å². The van der Waals surface area contributed by atoms with Crippen LogP contribution in [0.2, 0.25) is 0 Å². The van der Waals surface area contributed by atoms with Crippen molar-refractivity contribution in [3.63, 3.8) is 0 Å². The molecule has 2 rings (SSSR count). The van der Waals surface area contributed by atoms with E-state index in [2.05, 4.69) is 21.7 Å². The quantitative estimate of drug-likeness (QED) is 0.751. The zero-order chi connectivity index (χ0) is 19.0. The highest BCUT2D eigenvalue weighted by molar-refractivity contribution is 6.20. The number of alkyl halides is 3. The van der Waals surface area contributed by atoms with E-state index in [0.717, 1.165) is 0 Å². The van der Waals surface area contributed by atoms with Crippen LogP contribution in [-0.4, -0.2) is 22.6 Å². The number of aliphatic carboxylic acids is 1. The third-order valence-corrected chi connectivity index (χ3v) is 5.45. The second-order valence-electron chi connectivity index (χ2n) is 7.01. The second kappa shape index (κ2) is 6.44. The minimum Gasteiger partial charge on any atom is -0.481 e. The fraction of sp³-hybridized carbons (Fsp3) is 0.529. The number of halogens is 3. The van der Waals surface area contributed by atoms with E-state index in [4.69, 9.17) is 0 Å². The number of anilines is 1. The molecule has 0 heterocycles. The van der Waals surface area contributed by atoms with Gasteiger partial charge in [-0.05, 0) is 49.4 Å². The highest BCUT2D eigenvalue weighted by Gasteiger charge is 2.58. The topological polar surface area (TPSA) is 75.6 Å². The van der Waals surface area contributed by atoms with Gasteiger partial charge in [-0.2, -0.15) is 0 Å². The van der Waals surface area contributed by atoms with Crippen LogP contribution in [0.5, 0.6) is 5.75 Å². The van der Waals surface area contributed by atoms with Gasteiger partial charge >= 0.3 is 11.5 Å². The Kier molecular flexibility index (Phi) is 5.01. The van der Waals surface area contributed by atoms with Gasteiger partial charge in [0.25, 0.3) is 0 Å². The lowest BCUT2D eigenvalue weighted by Gasteiger charge is -2.37. The molecule has 0 bridgehead atoms. The first-order valence-corrected chi connectivity index (χ1v) is 8.15. The summed E-state index contributed by atoms with van der Waals surface area (Å²) in [6.07, 6.45) is 0.867. The van der Waals surface area contributed by atoms with Gasteiger partial charge in [-0.25, -0.2) is 0 Å². The first kappa shape index (κ1) is 19.4. The number of carbonyl (C=O) groups is 2. The Morgan fingerprint density at radius 2 is 1.84 bits per heavy atom. The summed E-state index contributed by atoms with van der Waals surface area (Å²) >= 11 is 4.69. The number of benzene rings is 1. The summed E-state index contributed by atoms with van der Waals surface area (Å²) in [7, 11) is 0. The molecule has 0 radical (unpaired) electrons. The molecule has 0 saturated heterocycles. The monoisotopic (exact) mass is 375 g/mol. The van der Waals surface area contributed by atoms with Crippen molar-refractivity contribution in [2.75, 3.05) is 5.32 Å². The molecule has 0 spiro atoms. The van der Waals surface area contributed by atoms with Crippen LogP contribution in [0.25, 0.3) is 0 Å². The lowest BCUT2D eigenvalue weighted by molar-refractivity contribution is -0.154. The predicted molar refractivity (Wildman–Crippen MR) is 88.7 cm³/mol. The van der Waals surface area contributed by atoms with E-state index in [1.165, 1.54) is 24.3 Å². The maximum Gasteiger partial charge on any atom is 0.487 e. The van der Waals surface area contributed by atoms with Crippen molar-refractivity contribution in [1.82, 2.24) is 0 Å². The normalized spacial score (nSPS) is 25.4. The molecular formula is C17H20ClF2NO4. The number of carboxylic acids is 1. The number of hydrogen-bond acceptors (Lipinski definition) is 3. The molecule has 1 aliphatic carbocycles. The summed E-state index contributed by atoms with van der Waals surface area (Å²) in [5, 5.41) is 12.2. The lowest BCUT2D eigenvalue weighted by Crippen LogP contribution is -2.43. The van der Waals surface area contributed by atoms with Crippen molar-refractivity contribution < 1.29 is 28.2 Å². The van der Waals surface area contributed by atoms with E-state index >= 15 is 0 Å². The molecule has 1 amide bonds. The molecule has 8 heteroatoms. The summed E-state index contributed by atoms with van der Waals surface area (Å²) in [5.41, 5.74) is -5.12. The molecule has 0 aromatic heterocycles. The Bertz CT molecular complexity index is 672. The SMILES string of the molecule is CC1(C)[C@@H](C(=O)Nc2ccc(OC(F)(F)Cl)cc2)CC[C@@]1(C)C(=O)O. The molecular weight excluding hydrogens is 356 g/mol. The summed E-state index contributed by atoms with van der Waals surface area (Å²) in [6.45, 7) is 5.21. The first-order chi connectivity index (χ1) is 11.4. The van der Waals surface area contributed by atoms with Crippen LogP contribution in [0.4, 0.5) is 14.5 Å². The molecule has 1 saturated carbocycles. The van der Waals surface area contributed by atoms with Crippen LogP contribution < -0.4 is 10.1 Å². The maximum atomic E-state index is 12.6. The van der Waals surface area contributed by atoms with E-state index in [1.807, 2.05) is 0 Å². The zero-order valence-corrected chi connectivity index (χ0v) is 14.9. The molecule has 1 aliphatic rings. The molecule has 25 heavy (non-hydrogen) atoms. The fourth-order valence-electron chi connectivity index (χ4n) is 3.31. The summed E-state index contributed by atoms with van der Waals surface area (Å²) < 4.78 is 29.3. The minimum atomic E-state index is -3.81. The van der Waals surface area contributed by atoms with Gasteiger partial charge in [0.1, 0.15) is 5.75 Å². The van der Waals surface area contributed by atoms with Gasteiger partial charge in [-0.15, -0.1) is 8.78 Å². The minimum absolute atomic E-state index is 0.141. The first-order valence-electron chi connectivity index (χ1n) is 7.77. The summed E-state index contributed by atoms with van der Waals surface area (Å²) in [5.74, 6) is -1.84. The molecule has 1 fully saturated rings. The second-order valence-corrected chi connectivity index (χ2v) is 7.45. The molecule has 0 aliphatic heterocycles. The third-order valence-electron chi connectivity index (χ3n) is 5.37. The average Bonchev–Trinajstić information content (AvgIpc) is 2.71. The number of ether oxygens (including phenoxy) is 1. The lowest BCUT2D eigenvalue weighted by atomic mass is 9.65. The molecule has 2 N–H and O–H groups in total. The molecule has 2 atom stereocenters. The third kappa shape index (κ3) is 3.86. The Hall–Kier alpha value is -1.89. The number of carboxylic acid groups (broad SMARTS) is 1. The molecule has 0 unspecified atom stereocenters. The van der Waals surface area contributed by atoms with Gasteiger partial charge in [0.05, 0.1) is 5.41 Å². The summed E-state index contributed by atoms with van der Waals surface area (Å²) in [4.78, 5) is 24.2. The van der Waals surface area contributed by atoms with Gasteiger partial charge in [0.15, 0.2) is 0 Å². The van der Waals surface area contributed by atoms with Crippen LogP contribution in [0, 0.1) is 16.7 Å². The van der Waals surface area contributed by atoms with E-state index in [-0.39, 0.29) is 11.7 Å². The smallest absolute Gasteiger partial charge is 0.481 e. The van der Waals surface area contributed by atoms with Crippen LogP contribution >= 0.6 is 11.6 Å². The number of carbonyl (C=O) groups excluding carboxylic acids is 1. The fourth-order valence-corrected chi connectivity index (χ4v) is 3.40. The van der Waals surface area contributed by atoms with E-state index in [9.17, 15) is 23.5 Å². The van der Waals surface area contributed by atoms with Crippen molar-refractivity contribution in [3.8, 4) is 5.75 Å². The number of hydrogen-bond donors (Lipinski definition) is 2. The van der Waals surface area contributed by atoms with Crippen LogP contribution in [0.3, 0.4) is 0 Å². The van der Waals surface area contributed by atoms with Gasteiger partial charge < -0.3 is 15.2 Å². The van der Waals surface area contributed by atoms with Crippen molar-refractivity contribution in [2.45, 2.75) is 39.2 Å². The number of amides is 1.